The first kappa shape index (κ1) is 35.2. The third-order valence-corrected chi connectivity index (χ3v) is 8.18. The molecule has 0 fully saturated rings. The lowest BCUT2D eigenvalue weighted by Gasteiger charge is -2.20. The van der Waals surface area contributed by atoms with Crippen molar-refractivity contribution < 1.29 is 28.5 Å². The van der Waals surface area contributed by atoms with Crippen molar-refractivity contribution in [2.75, 3.05) is 26.4 Å². The lowest BCUT2D eigenvalue weighted by Crippen LogP contribution is -2.17. The molecule has 0 radical (unpaired) electrons. The van der Waals surface area contributed by atoms with E-state index < -0.39 is 0 Å². The van der Waals surface area contributed by atoms with E-state index in [-0.39, 0.29) is 25.2 Å². The van der Waals surface area contributed by atoms with Crippen molar-refractivity contribution in [3.05, 3.63) is 47.5 Å². The number of rotatable bonds is 22. The highest BCUT2D eigenvalue weighted by Crippen LogP contribution is 2.44. The Morgan fingerprint density at radius 3 is 1.70 bits per heavy atom. The molecule has 6 nitrogen and oxygen atoms in total. The van der Waals surface area contributed by atoms with Crippen molar-refractivity contribution in [3.8, 4) is 11.5 Å². The highest BCUT2D eigenvalue weighted by Gasteiger charge is 2.21. The highest BCUT2D eigenvalue weighted by atomic mass is 16.6. The van der Waals surface area contributed by atoms with Crippen molar-refractivity contribution in [1.82, 2.24) is 0 Å². The zero-order chi connectivity index (χ0) is 31.6. The van der Waals surface area contributed by atoms with Crippen LogP contribution in [0.25, 0.3) is 21.5 Å². The van der Waals surface area contributed by atoms with Crippen LogP contribution in [-0.2, 0) is 31.9 Å². The monoisotopic (exact) mass is 606 g/mol. The molecule has 3 aromatic rings. The number of carbonyl (C=O) groups excluding carboxylic acids is 2. The van der Waals surface area contributed by atoms with E-state index in [0.717, 1.165) is 71.2 Å². The summed E-state index contributed by atoms with van der Waals surface area (Å²) in [6, 6.07) is 12.3. The van der Waals surface area contributed by atoms with Crippen LogP contribution in [0.4, 0.5) is 0 Å². The molecule has 0 aromatic heterocycles. The number of unbranched alkanes of at least 4 members (excludes halogenated alkanes) is 10. The Balaban J connectivity index is 1.78. The van der Waals surface area contributed by atoms with Gasteiger partial charge in [0.05, 0.1) is 13.2 Å². The van der Waals surface area contributed by atoms with Crippen LogP contribution in [0.15, 0.2) is 36.4 Å². The Bertz CT molecular complexity index is 1310. The topological polar surface area (TPSA) is 71.1 Å². The molecule has 0 unspecified atom stereocenters. The fourth-order valence-electron chi connectivity index (χ4n) is 5.62. The van der Waals surface area contributed by atoms with E-state index in [1.807, 2.05) is 18.2 Å². The van der Waals surface area contributed by atoms with Crippen molar-refractivity contribution in [2.24, 2.45) is 0 Å². The molecule has 0 atom stereocenters. The molecule has 242 valence electrons. The zero-order valence-electron chi connectivity index (χ0n) is 27.6. The maximum atomic E-state index is 12.7. The molecule has 6 heteroatoms. The van der Waals surface area contributed by atoms with Gasteiger partial charge in [0.1, 0.15) is 11.5 Å². The zero-order valence-corrected chi connectivity index (χ0v) is 27.6. The quantitative estimate of drug-likeness (QED) is 0.0644. The molecule has 0 aliphatic heterocycles. The summed E-state index contributed by atoms with van der Waals surface area (Å²) in [6.45, 7) is 9.10. The van der Waals surface area contributed by atoms with Crippen LogP contribution >= 0.6 is 0 Å². The number of ether oxygens (including phenoxy) is 4. The van der Waals surface area contributed by atoms with E-state index in [1.54, 1.807) is 0 Å². The maximum Gasteiger partial charge on any atom is 0.344 e. The predicted octanol–water partition coefficient (Wildman–Crippen LogP) is 9.68. The maximum absolute atomic E-state index is 12.7. The van der Waals surface area contributed by atoms with Gasteiger partial charge in [0.15, 0.2) is 13.2 Å². The van der Waals surface area contributed by atoms with Gasteiger partial charge < -0.3 is 18.9 Å². The minimum Gasteiger partial charge on any atom is -0.481 e. The summed E-state index contributed by atoms with van der Waals surface area (Å²) in [7, 11) is 0. The van der Waals surface area contributed by atoms with Gasteiger partial charge in [-0.1, -0.05) is 122 Å². The Hall–Kier alpha value is -3.28. The summed E-state index contributed by atoms with van der Waals surface area (Å²) in [5.41, 5.74) is 2.22. The Labute approximate surface area is 264 Å². The molecule has 0 heterocycles. The van der Waals surface area contributed by atoms with Gasteiger partial charge in [-0.3, -0.25) is 0 Å². The van der Waals surface area contributed by atoms with Crippen molar-refractivity contribution in [3.63, 3.8) is 0 Å². The van der Waals surface area contributed by atoms with Crippen molar-refractivity contribution >= 4 is 33.5 Å². The molecule has 3 rings (SSSR count). The molecule has 3 aromatic carbocycles. The lowest BCUT2D eigenvalue weighted by atomic mass is 9.94. The molecule has 0 aliphatic rings. The predicted molar refractivity (Wildman–Crippen MR) is 180 cm³/mol. The van der Waals surface area contributed by atoms with E-state index in [4.69, 9.17) is 18.9 Å². The third-order valence-electron chi connectivity index (χ3n) is 8.18. The van der Waals surface area contributed by atoms with Gasteiger partial charge in [-0.2, -0.15) is 0 Å². The molecule has 0 saturated heterocycles. The second-order valence-electron chi connectivity index (χ2n) is 11.6. The second kappa shape index (κ2) is 19.9. The smallest absolute Gasteiger partial charge is 0.344 e. The highest BCUT2D eigenvalue weighted by molar-refractivity contribution is 6.12. The van der Waals surface area contributed by atoms with Gasteiger partial charge in [0.2, 0.25) is 0 Å². The molecular formula is C38H54O6. The molecule has 0 bridgehead atoms. The SMILES string of the molecule is CCCCCCCCOC(=O)COc1c2cc(CC)ccc2c(OCC(=O)OCCCCCCCC)c2c(CC)cccc12. The van der Waals surface area contributed by atoms with E-state index in [9.17, 15) is 9.59 Å². The molecule has 0 saturated carbocycles. The number of fused-ring (bicyclic) bond motifs is 2. The molecule has 44 heavy (non-hydrogen) atoms. The minimum atomic E-state index is -0.369. The number of carbonyl (C=O) groups is 2. The van der Waals surface area contributed by atoms with Gasteiger partial charge in [0.25, 0.3) is 0 Å². The molecule has 0 spiro atoms. The minimum absolute atomic E-state index is 0.168. The van der Waals surface area contributed by atoms with Gasteiger partial charge in [-0.25, -0.2) is 9.59 Å². The Morgan fingerprint density at radius 2 is 1.14 bits per heavy atom. The average molecular weight is 607 g/mol. The summed E-state index contributed by atoms with van der Waals surface area (Å²) in [4.78, 5) is 25.3. The first-order valence-electron chi connectivity index (χ1n) is 17.1. The van der Waals surface area contributed by atoms with E-state index in [1.165, 1.54) is 51.4 Å². The first-order valence-corrected chi connectivity index (χ1v) is 17.1. The number of hydrogen-bond acceptors (Lipinski definition) is 6. The van der Waals surface area contributed by atoms with Crippen LogP contribution in [0.2, 0.25) is 0 Å². The van der Waals surface area contributed by atoms with Crippen LogP contribution < -0.4 is 9.47 Å². The number of hydrogen-bond donors (Lipinski definition) is 0. The Kier molecular flexibility index (Phi) is 15.9. The fourth-order valence-corrected chi connectivity index (χ4v) is 5.62. The largest absolute Gasteiger partial charge is 0.481 e. The van der Waals surface area contributed by atoms with Gasteiger partial charge >= 0.3 is 11.9 Å². The molecule has 0 N–H and O–H groups in total. The van der Waals surface area contributed by atoms with E-state index >= 15 is 0 Å². The van der Waals surface area contributed by atoms with Gasteiger partial charge in [-0.15, -0.1) is 0 Å². The summed E-state index contributed by atoms with van der Waals surface area (Å²) < 4.78 is 23.5. The van der Waals surface area contributed by atoms with Crippen LogP contribution in [-0.4, -0.2) is 38.4 Å². The molecule has 0 amide bonds. The van der Waals surface area contributed by atoms with Crippen molar-refractivity contribution in [2.45, 2.75) is 118 Å². The van der Waals surface area contributed by atoms with Crippen LogP contribution in [0, 0.1) is 0 Å². The van der Waals surface area contributed by atoms with Crippen LogP contribution in [0.5, 0.6) is 11.5 Å². The lowest BCUT2D eigenvalue weighted by molar-refractivity contribution is -0.147. The third kappa shape index (κ3) is 10.7. The van der Waals surface area contributed by atoms with E-state index in [0.29, 0.717) is 24.7 Å². The van der Waals surface area contributed by atoms with Crippen molar-refractivity contribution in [1.29, 1.82) is 0 Å². The standard InChI is InChI=1S/C38H54O6/c1-5-9-11-13-15-17-24-41-34(39)27-43-37-32-21-19-20-30(8-4)36(32)38(31-23-22-29(7-3)26-33(31)37)44-28-35(40)42-25-18-16-14-12-10-6-2/h19-23,26H,5-18,24-25,27-28H2,1-4H3. The van der Waals surface area contributed by atoms with Crippen LogP contribution in [0.3, 0.4) is 0 Å². The average Bonchev–Trinajstić information content (AvgIpc) is 3.04. The van der Waals surface area contributed by atoms with E-state index in [2.05, 4.69) is 45.9 Å². The fraction of sp³-hybridized carbons (Fsp3) is 0.579. The normalized spacial score (nSPS) is 11.2. The van der Waals surface area contributed by atoms with Gasteiger partial charge in [-0.05, 0) is 42.9 Å². The molecule has 0 aliphatic carbocycles. The summed E-state index contributed by atoms with van der Waals surface area (Å²) in [5.74, 6) is 0.541. The Morgan fingerprint density at radius 1 is 0.568 bits per heavy atom. The van der Waals surface area contributed by atoms with Crippen LogP contribution in [0.1, 0.15) is 116 Å². The summed E-state index contributed by atoms with van der Waals surface area (Å²) in [5, 5.41) is 3.44. The van der Waals surface area contributed by atoms with Gasteiger partial charge in [0, 0.05) is 21.5 Å². The summed E-state index contributed by atoms with van der Waals surface area (Å²) >= 11 is 0. The first-order chi connectivity index (χ1) is 21.5. The molecular weight excluding hydrogens is 552 g/mol. The summed E-state index contributed by atoms with van der Waals surface area (Å²) in [6.07, 6.45) is 15.2. The number of esters is 2. The second-order valence-corrected chi connectivity index (χ2v) is 11.6. The number of benzene rings is 3. The number of aryl methyl sites for hydroxylation is 2.